The van der Waals surface area contributed by atoms with Gasteiger partial charge >= 0.3 is 0 Å². The van der Waals surface area contributed by atoms with Crippen LogP contribution in [0.2, 0.25) is 5.02 Å². The largest absolute Gasteiger partial charge is 0.497 e. The number of nitrogens with zero attached hydrogens (tertiary/aromatic N) is 1. The molecular weight excluding hydrogens is 294 g/mol. The minimum atomic E-state index is 0.716. The lowest BCUT2D eigenvalue weighted by atomic mass is 9.98. The molecule has 0 saturated heterocycles. The average Bonchev–Trinajstić information content (AvgIpc) is 2.56. The first kappa shape index (κ1) is 14.6. The zero-order valence-electron chi connectivity index (χ0n) is 12.2. The summed E-state index contributed by atoms with van der Waals surface area (Å²) in [6, 6.07) is 17.6. The Kier molecular flexibility index (Phi) is 4.12. The summed E-state index contributed by atoms with van der Waals surface area (Å²) in [5.74, 6) is 0.825. The van der Waals surface area contributed by atoms with Crippen molar-refractivity contribution in [1.29, 1.82) is 0 Å². The maximum absolute atomic E-state index is 5.98. The van der Waals surface area contributed by atoms with Gasteiger partial charge in [0.2, 0.25) is 0 Å². The van der Waals surface area contributed by atoms with Crippen LogP contribution in [0.15, 0.2) is 60.8 Å². The van der Waals surface area contributed by atoms with Crippen molar-refractivity contribution in [3.8, 4) is 28.1 Å². The molecule has 0 atom stereocenters. The Morgan fingerprint density at radius 3 is 2.23 bits per heavy atom. The normalized spacial score (nSPS) is 10.5. The number of pyridine rings is 1. The third-order valence-corrected chi connectivity index (χ3v) is 3.71. The molecule has 1 aromatic heterocycles. The van der Waals surface area contributed by atoms with Gasteiger partial charge in [-0.25, -0.2) is 0 Å². The minimum absolute atomic E-state index is 0.716. The van der Waals surface area contributed by atoms with Crippen LogP contribution >= 0.6 is 11.6 Å². The van der Waals surface area contributed by atoms with E-state index in [-0.39, 0.29) is 0 Å². The fourth-order valence-corrected chi connectivity index (χ4v) is 2.46. The van der Waals surface area contributed by atoms with Gasteiger partial charge in [-0.3, -0.25) is 4.98 Å². The zero-order chi connectivity index (χ0) is 15.5. The van der Waals surface area contributed by atoms with Gasteiger partial charge in [-0.1, -0.05) is 23.7 Å². The van der Waals surface area contributed by atoms with Crippen LogP contribution in [0.5, 0.6) is 5.75 Å². The molecule has 0 fully saturated rings. The van der Waals surface area contributed by atoms with E-state index in [4.69, 9.17) is 16.3 Å². The molecule has 0 amide bonds. The summed E-state index contributed by atoms with van der Waals surface area (Å²) in [5.41, 5.74) is 4.92. The molecule has 22 heavy (non-hydrogen) atoms. The number of methoxy groups -OCH3 is 1. The van der Waals surface area contributed by atoms with Gasteiger partial charge in [0.15, 0.2) is 0 Å². The molecule has 0 aliphatic heterocycles. The van der Waals surface area contributed by atoms with E-state index in [9.17, 15) is 0 Å². The lowest BCUT2D eigenvalue weighted by Crippen LogP contribution is -1.91. The molecule has 3 heteroatoms. The standard InChI is InChI=1S/C19H15ClNO/c1-13-11-18(14-3-7-16(20)8-4-14)19(21-12-13)15-5-9-17(22-2)10-6-15/h3-12H,1H2,2H3. The molecular formula is C19H15ClNO. The van der Waals surface area contributed by atoms with Gasteiger partial charge in [0, 0.05) is 22.3 Å². The van der Waals surface area contributed by atoms with E-state index >= 15 is 0 Å². The van der Waals surface area contributed by atoms with Crippen molar-refractivity contribution in [1.82, 2.24) is 4.98 Å². The maximum Gasteiger partial charge on any atom is 0.118 e. The number of hydrogen-bond donors (Lipinski definition) is 0. The summed E-state index contributed by atoms with van der Waals surface area (Å²) < 4.78 is 5.21. The second-order valence-electron chi connectivity index (χ2n) is 4.98. The van der Waals surface area contributed by atoms with E-state index < -0.39 is 0 Å². The van der Waals surface area contributed by atoms with Crippen molar-refractivity contribution in [3.05, 3.63) is 78.3 Å². The van der Waals surface area contributed by atoms with Gasteiger partial charge in [-0.15, -0.1) is 0 Å². The molecule has 1 heterocycles. The summed E-state index contributed by atoms with van der Waals surface area (Å²) in [4.78, 5) is 4.57. The number of hydrogen-bond acceptors (Lipinski definition) is 2. The van der Waals surface area contributed by atoms with Crippen LogP contribution < -0.4 is 4.74 Å². The van der Waals surface area contributed by atoms with E-state index in [0.29, 0.717) is 5.02 Å². The monoisotopic (exact) mass is 308 g/mol. The highest BCUT2D eigenvalue weighted by atomic mass is 35.5. The Bertz CT molecular complexity index is 780. The number of benzene rings is 2. The molecule has 0 unspecified atom stereocenters. The van der Waals surface area contributed by atoms with Gasteiger partial charge in [0.05, 0.1) is 12.8 Å². The van der Waals surface area contributed by atoms with Crippen molar-refractivity contribution < 1.29 is 4.74 Å². The number of halogens is 1. The number of rotatable bonds is 3. The predicted molar refractivity (Wildman–Crippen MR) is 91.1 cm³/mol. The van der Waals surface area contributed by atoms with Gasteiger partial charge in [0.25, 0.3) is 0 Å². The van der Waals surface area contributed by atoms with Gasteiger partial charge in [-0.05, 0) is 60.5 Å². The fraction of sp³-hybridized carbons (Fsp3) is 0.0526. The van der Waals surface area contributed by atoms with Crippen LogP contribution in [0.3, 0.4) is 0 Å². The third-order valence-electron chi connectivity index (χ3n) is 3.46. The van der Waals surface area contributed by atoms with Crippen molar-refractivity contribution >= 4 is 11.6 Å². The Balaban J connectivity index is 2.12. The molecule has 1 radical (unpaired) electrons. The molecule has 0 aliphatic carbocycles. The smallest absolute Gasteiger partial charge is 0.118 e. The lowest BCUT2D eigenvalue weighted by Gasteiger charge is -2.11. The lowest BCUT2D eigenvalue weighted by molar-refractivity contribution is 0.415. The zero-order valence-corrected chi connectivity index (χ0v) is 13.0. The molecule has 2 nitrogen and oxygen atoms in total. The summed E-state index contributed by atoms with van der Waals surface area (Å²) in [6.07, 6.45) is 1.78. The van der Waals surface area contributed by atoms with Crippen LogP contribution in [0, 0.1) is 6.92 Å². The fourth-order valence-electron chi connectivity index (χ4n) is 2.34. The second kappa shape index (κ2) is 6.20. The van der Waals surface area contributed by atoms with Crippen LogP contribution in [-0.2, 0) is 0 Å². The van der Waals surface area contributed by atoms with E-state index in [1.807, 2.05) is 54.6 Å². The number of ether oxygens (including phenoxy) is 1. The third kappa shape index (κ3) is 2.97. The molecule has 3 aromatic rings. The van der Waals surface area contributed by atoms with Crippen molar-refractivity contribution in [2.75, 3.05) is 7.11 Å². The first-order valence-corrected chi connectivity index (χ1v) is 7.27. The van der Waals surface area contributed by atoms with Crippen LogP contribution in [0.4, 0.5) is 0 Å². The van der Waals surface area contributed by atoms with E-state index in [2.05, 4.69) is 11.9 Å². The first-order valence-electron chi connectivity index (χ1n) is 6.90. The van der Waals surface area contributed by atoms with Crippen LogP contribution in [0.1, 0.15) is 5.56 Å². The quantitative estimate of drug-likeness (QED) is 0.658. The van der Waals surface area contributed by atoms with Crippen molar-refractivity contribution in [3.63, 3.8) is 0 Å². The SMILES string of the molecule is [CH2]c1cnc(-c2ccc(OC)cc2)c(-c2ccc(Cl)cc2)c1. The topological polar surface area (TPSA) is 22.1 Å². The molecule has 0 spiro atoms. The highest BCUT2D eigenvalue weighted by Gasteiger charge is 2.10. The highest BCUT2D eigenvalue weighted by molar-refractivity contribution is 6.30. The highest BCUT2D eigenvalue weighted by Crippen LogP contribution is 2.32. The Morgan fingerprint density at radius 2 is 1.59 bits per heavy atom. The summed E-state index contributed by atoms with van der Waals surface area (Å²) in [6.45, 7) is 3.98. The molecule has 0 N–H and O–H groups in total. The molecule has 3 rings (SSSR count). The van der Waals surface area contributed by atoms with Gasteiger partial charge in [-0.2, -0.15) is 0 Å². The maximum atomic E-state index is 5.98. The predicted octanol–water partition coefficient (Wildman–Crippen LogP) is 5.26. The summed E-state index contributed by atoms with van der Waals surface area (Å²) in [7, 11) is 1.66. The molecule has 2 aromatic carbocycles. The molecule has 0 saturated carbocycles. The second-order valence-corrected chi connectivity index (χ2v) is 5.41. The summed E-state index contributed by atoms with van der Waals surface area (Å²) in [5, 5.41) is 0.716. The molecule has 0 bridgehead atoms. The number of aromatic nitrogens is 1. The van der Waals surface area contributed by atoms with Gasteiger partial charge < -0.3 is 4.74 Å². The average molecular weight is 309 g/mol. The first-order chi connectivity index (χ1) is 10.7. The Hall–Kier alpha value is -2.32. The van der Waals surface area contributed by atoms with Gasteiger partial charge in [0.1, 0.15) is 5.75 Å². The Labute approximate surface area is 135 Å². The summed E-state index contributed by atoms with van der Waals surface area (Å²) >= 11 is 5.98. The van der Waals surface area contributed by atoms with E-state index in [1.54, 1.807) is 13.3 Å². The van der Waals surface area contributed by atoms with E-state index in [0.717, 1.165) is 33.7 Å². The molecule has 109 valence electrons. The van der Waals surface area contributed by atoms with Crippen molar-refractivity contribution in [2.45, 2.75) is 0 Å². The Morgan fingerprint density at radius 1 is 0.955 bits per heavy atom. The van der Waals surface area contributed by atoms with Crippen molar-refractivity contribution in [2.24, 2.45) is 0 Å². The van der Waals surface area contributed by atoms with Crippen LogP contribution in [-0.4, -0.2) is 12.1 Å². The molecule has 0 aliphatic rings. The van der Waals surface area contributed by atoms with Crippen LogP contribution in [0.25, 0.3) is 22.4 Å². The minimum Gasteiger partial charge on any atom is -0.497 e. The van der Waals surface area contributed by atoms with E-state index in [1.165, 1.54) is 0 Å².